The summed E-state index contributed by atoms with van der Waals surface area (Å²) in [7, 11) is 0. The highest BCUT2D eigenvalue weighted by atomic mass is 16.5. The van der Waals surface area contributed by atoms with Gasteiger partial charge in [0.1, 0.15) is 6.04 Å². The average Bonchev–Trinajstić information content (AvgIpc) is 2.60. The quantitative estimate of drug-likeness (QED) is 0.650. The monoisotopic (exact) mass is 201 g/mol. The van der Waals surface area contributed by atoms with Crippen molar-refractivity contribution in [1.29, 1.82) is 0 Å². The summed E-state index contributed by atoms with van der Waals surface area (Å²) in [6.45, 7) is 5.21. The van der Waals surface area contributed by atoms with Crippen molar-refractivity contribution in [3.8, 4) is 0 Å². The molecule has 1 fully saturated rings. The smallest absolute Gasteiger partial charge is 0.320 e. The minimum Gasteiger partial charge on any atom is -0.480 e. The van der Waals surface area contributed by atoms with Crippen LogP contribution in [0.15, 0.2) is 0 Å². The van der Waals surface area contributed by atoms with Gasteiger partial charge in [0, 0.05) is 19.8 Å². The Labute approximate surface area is 84.8 Å². The number of hydrogen-bond acceptors (Lipinski definition) is 3. The molecule has 4 nitrogen and oxygen atoms in total. The molecule has 0 radical (unpaired) electrons. The lowest BCUT2D eigenvalue weighted by Crippen LogP contribution is -2.36. The first-order valence-corrected chi connectivity index (χ1v) is 5.30. The Morgan fingerprint density at radius 2 is 2.43 bits per heavy atom. The van der Waals surface area contributed by atoms with Crippen molar-refractivity contribution in [2.24, 2.45) is 0 Å². The van der Waals surface area contributed by atoms with E-state index < -0.39 is 5.97 Å². The predicted molar refractivity (Wildman–Crippen MR) is 53.3 cm³/mol. The van der Waals surface area contributed by atoms with Crippen LogP contribution < -0.4 is 0 Å². The SMILES string of the molecule is CCOCCCN1CCCC1C(=O)O. The zero-order chi connectivity index (χ0) is 10.4. The molecule has 0 saturated carbocycles. The molecule has 0 spiro atoms. The molecule has 1 heterocycles. The van der Waals surface area contributed by atoms with Crippen molar-refractivity contribution in [2.75, 3.05) is 26.3 Å². The molecular formula is C10H19NO3. The number of carboxylic acids is 1. The van der Waals surface area contributed by atoms with E-state index in [1.807, 2.05) is 11.8 Å². The Bertz CT molecular complexity index is 184. The third kappa shape index (κ3) is 3.27. The summed E-state index contributed by atoms with van der Waals surface area (Å²) < 4.78 is 5.21. The molecule has 1 N–H and O–H groups in total. The summed E-state index contributed by atoms with van der Waals surface area (Å²) in [5, 5.41) is 8.91. The fourth-order valence-electron chi connectivity index (χ4n) is 1.89. The van der Waals surface area contributed by atoms with Crippen molar-refractivity contribution in [1.82, 2.24) is 4.90 Å². The first-order chi connectivity index (χ1) is 6.75. The molecule has 0 bridgehead atoms. The summed E-state index contributed by atoms with van der Waals surface area (Å²) >= 11 is 0. The normalized spacial score (nSPS) is 22.8. The molecule has 1 unspecified atom stereocenters. The van der Waals surface area contributed by atoms with Crippen LogP contribution in [0.4, 0.5) is 0 Å². The number of likely N-dealkylation sites (tertiary alicyclic amines) is 1. The van der Waals surface area contributed by atoms with Gasteiger partial charge in [-0.1, -0.05) is 0 Å². The molecule has 0 aromatic carbocycles. The fraction of sp³-hybridized carbons (Fsp3) is 0.900. The van der Waals surface area contributed by atoms with Crippen molar-refractivity contribution < 1.29 is 14.6 Å². The van der Waals surface area contributed by atoms with Gasteiger partial charge < -0.3 is 9.84 Å². The molecule has 1 aliphatic heterocycles. The first kappa shape index (κ1) is 11.5. The Morgan fingerprint density at radius 1 is 1.64 bits per heavy atom. The van der Waals surface area contributed by atoms with Gasteiger partial charge in [0.05, 0.1) is 0 Å². The maximum absolute atomic E-state index is 10.8. The second-order valence-corrected chi connectivity index (χ2v) is 3.58. The number of ether oxygens (including phenoxy) is 1. The van der Waals surface area contributed by atoms with Crippen LogP contribution in [0.25, 0.3) is 0 Å². The van der Waals surface area contributed by atoms with E-state index in [9.17, 15) is 4.79 Å². The summed E-state index contributed by atoms with van der Waals surface area (Å²) in [6, 6.07) is -0.253. The lowest BCUT2D eigenvalue weighted by molar-refractivity contribution is -0.142. The second kappa shape index (κ2) is 5.98. The minimum absolute atomic E-state index is 0.253. The van der Waals surface area contributed by atoms with Crippen LogP contribution in [0.1, 0.15) is 26.2 Å². The average molecular weight is 201 g/mol. The molecular weight excluding hydrogens is 182 g/mol. The van der Waals surface area contributed by atoms with Crippen molar-refractivity contribution in [3.63, 3.8) is 0 Å². The molecule has 0 aromatic rings. The number of aliphatic carboxylic acids is 1. The van der Waals surface area contributed by atoms with Gasteiger partial charge in [-0.25, -0.2) is 0 Å². The van der Waals surface area contributed by atoms with E-state index in [1.54, 1.807) is 0 Å². The van der Waals surface area contributed by atoms with Gasteiger partial charge >= 0.3 is 5.97 Å². The minimum atomic E-state index is -0.682. The largest absolute Gasteiger partial charge is 0.480 e. The second-order valence-electron chi connectivity index (χ2n) is 3.58. The van der Waals surface area contributed by atoms with E-state index in [0.717, 1.165) is 45.6 Å². The van der Waals surface area contributed by atoms with Crippen LogP contribution in [0.5, 0.6) is 0 Å². The summed E-state index contributed by atoms with van der Waals surface area (Å²) in [6.07, 6.45) is 2.73. The highest BCUT2D eigenvalue weighted by molar-refractivity contribution is 5.73. The molecule has 0 amide bonds. The topological polar surface area (TPSA) is 49.8 Å². The van der Waals surface area contributed by atoms with Gasteiger partial charge in [0.2, 0.25) is 0 Å². The van der Waals surface area contributed by atoms with E-state index >= 15 is 0 Å². The molecule has 1 rings (SSSR count). The van der Waals surface area contributed by atoms with E-state index in [4.69, 9.17) is 9.84 Å². The van der Waals surface area contributed by atoms with Crippen LogP contribution in [0.2, 0.25) is 0 Å². The standard InChI is InChI=1S/C10H19NO3/c1-2-14-8-4-7-11-6-3-5-9(11)10(12)13/h9H,2-8H2,1H3,(H,12,13). The molecule has 4 heteroatoms. The van der Waals surface area contributed by atoms with Crippen LogP contribution >= 0.6 is 0 Å². The van der Waals surface area contributed by atoms with E-state index in [2.05, 4.69) is 0 Å². The van der Waals surface area contributed by atoms with Gasteiger partial charge in [0.25, 0.3) is 0 Å². The maximum Gasteiger partial charge on any atom is 0.320 e. The van der Waals surface area contributed by atoms with Gasteiger partial charge in [-0.05, 0) is 32.7 Å². The third-order valence-electron chi connectivity index (χ3n) is 2.59. The third-order valence-corrected chi connectivity index (χ3v) is 2.59. The summed E-state index contributed by atoms with van der Waals surface area (Å²) in [5.41, 5.74) is 0. The van der Waals surface area contributed by atoms with E-state index in [0.29, 0.717) is 0 Å². The van der Waals surface area contributed by atoms with Gasteiger partial charge in [0.15, 0.2) is 0 Å². The Morgan fingerprint density at radius 3 is 3.07 bits per heavy atom. The van der Waals surface area contributed by atoms with Gasteiger partial charge in [-0.3, -0.25) is 9.69 Å². The Balaban J connectivity index is 2.19. The number of nitrogens with zero attached hydrogens (tertiary/aromatic N) is 1. The molecule has 14 heavy (non-hydrogen) atoms. The van der Waals surface area contributed by atoms with Crippen molar-refractivity contribution >= 4 is 5.97 Å². The molecule has 1 aliphatic rings. The van der Waals surface area contributed by atoms with Crippen LogP contribution in [0, 0.1) is 0 Å². The van der Waals surface area contributed by atoms with E-state index in [-0.39, 0.29) is 6.04 Å². The first-order valence-electron chi connectivity index (χ1n) is 5.30. The highest BCUT2D eigenvalue weighted by Gasteiger charge is 2.29. The number of rotatable bonds is 6. The van der Waals surface area contributed by atoms with Crippen LogP contribution in [-0.4, -0.2) is 48.3 Å². The molecule has 0 aromatic heterocycles. The molecule has 1 atom stereocenters. The fourth-order valence-corrected chi connectivity index (χ4v) is 1.89. The number of carboxylic acid groups (broad SMARTS) is 1. The Hall–Kier alpha value is -0.610. The molecule has 82 valence electrons. The zero-order valence-electron chi connectivity index (χ0n) is 8.74. The Kier molecular flexibility index (Phi) is 4.90. The summed E-state index contributed by atoms with van der Waals surface area (Å²) in [5.74, 6) is -0.682. The van der Waals surface area contributed by atoms with Crippen LogP contribution in [-0.2, 0) is 9.53 Å². The van der Waals surface area contributed by atoms with Gasteiger partial charge in [-0.15, -0.1) is 0 Å². The summed E-state index contributed by atoms with van der Waals surface area (Å²) in [4.78, 5) is 12.9. The molecule has 1 saturated heterocycles. The lowest BCUT2D eigenvalue weighted by Gasteiger charge is -2.20. The predicted octanol–water partition coefficient (Wildman–Crippen LogP) is 0.962. The number of carbonyl (C=O) groups is 1. The highest BCUT2D eigenvalue weighted by Crippen LogP contribution is 2.17. The zero-order valence-corrected chi connectivity index (χ0v) is 8.74. The maximum atomic E-state index is 10.8. The van der Waals surface area contributed by atoms with E-state index in [1.165, 1.54) is 0 Å². The molecule has 0 aliphatic carbocycles. The van der Waals surface area contributed by atoms with Crippen molar-refractivity contribution in [3.05, 3.63) is 0 Å². The van der Waals surface area contributed by atoms with Gasteiger partial charge in [-0.2, -0.15) is 0 Å². The lowest BCUT2D eigenvalue weighted by atomic mass is 10.2. The van der Waals surface area contributed by atoms with Crippen molar-refractivity contribution in [2.45, 2.75) is 32.2 Å². The number of hydrogen-bond donors (Lipinski definition) is 1. The van der Waals surface area contributed by atoms with Crippen LogP contribution in [0.3, 0.4) is 0 Å².